The number of aliphatic hydroxyl groups is 2. The zero-order valence-electron chi connectivity index (χ0n) is 12.3. The molecule has 0 aromatic heterocycles. The van der Waals surface area contributed by atoms with Gasteiger partial charge in [0.15, 0.2) is 0 Å². The first kappa shape index (κ1) is 15.2. The molecule has 0 fully saturated rings. The van der Waals surface area contributed by atoms with Crippen molar-refractivity contribution in [3.63, 3.8) is 0 Å². The normalized spacial score (nSPS) is 21.6. The Kier molecular flexibility index (Phi) is 4.25. The van der Waals surface area contributed by atoms with Gasteiger partial charge in [0.25, 0.3) is 0 Å². The van der Waals surface area contributed by atoms with Crippen molar-refractivity contribution in [1.82, 2.24) is 5.32 Å². The van der Waals surface area contributed by atoms with Gasteiger partial charge in [-0.25, -0.2) is 4.39 Å². The molecule has 1 aliphatic rings. The number of nitrogens with one attached hydrogen (secondary N) is 1. The monoisotopic (exact) mass is 301 g/mol. The van der Waals surface area contributed by atoms with Crippen LogP contribution in [0.25, 0.3) is 0 Å². The summed E-state index contributed by atoms with van der Waals surface area (Å²) in [5.74, 6) is -0.415. The smallest absolute Gasteiger partial charge is 0.129 e. The lowest BCUT2D eigenvalue weighted by Crippen LogP contribution is -2.45. The summed E-state index contributed by atoms with van der Waals surface area (Å²) in [4.78, 5) is 0. The molecular formula is C18H20FNO2. The molecule has 2 aromatic carbocycles. The maximum Gasteiger partial charge on any atom is 0.129 e. The summed E-state index contributed by atoms with van der Waals surface area (Å²) < 4.78 is 13.7. The molecule has 0 saturated heterocycles. The van der Waals surface area contributed by atoms with Crippen LogP contribution in [0.3, 0.4) is 0 Å². The molecule has 0 aliphatic heterocycles. The summed E-state index contributed by atoms with van der Waals surface area (Å²) in [7, 11) is 0. The highest BCUT2D eigenvalue weighted by atomic mass is 19.1. The van der Waals surface area contributed by atoms with Crippen molar-refractivity contribution in [3.05, 3.63) is 71.0 Å². The molecular weight excluding hydrogens is 281 g/mol. The van der Waals surface area contributed by atoms with Crippen molar-refractivity contribution >= 4 is 0 Å². The van der Waals surface area contributed by atoms with Crippen LogP contribution in [-0.4, -0.2) is 23.4 Å². The van der Waals surface area contributed by atoms with Crippen molar-refractivity contribution in [2.24, 2.45) is 0 Å². The van der Waals surface area contributed by atoms with E-state index in [1.54, 1.807) is 18.2 Å². The quantitative estimate of drug-likeness (QED) is 0.794. The van der Waals surface area contributed by atoms with Gasteiger partial charge in [-0.1, -0.05) is 42.5 Å². The van der Waals surface area contributed by atoms with Gasteiger partial charge in [0.05, 0.1) is 18.2 Å². The highest BCUT2D eigenvalue weighted by molar-refractivity contribution is 5.39. The molecule has 3 rings (SSSR count). The number of halogens is 1. The van der Waals surface area contributed by atoms with Crippen LogP contribution in [0.1, 0.15) is 29.2 Å². The van der Waals surface area contributed by atoms with E-state index in [1.165, 1.54) is 11.6 Å². The lowest BCUT2D eigenvalue weighted by molar-refractivity contribution is 0.117. The third-order valence-electron chi connectivity index (χ3n) is 4.52. The van der Waals surface area contributed by atoms with E-state index in [9.17, 15) is 14.6 Å². The minimum Gasteiger partial charge on any atom is -0.394 e. The number of rotatable bonds is 5. The first-order chi connectivity index (χ1) is 10.7. The Morgan fingerprint density at radius 2 is 1.86 bits per heavy atom. The van der Waals surface area contributed by atoms with Gasteiger partial charge in [0, 0.05) is 12.1 Å². The standard InChI is InChI=1S/C18H20FNO2/c19-16-8-4-2-6-14(16)17(22)11-20-18(12-21)10-9-13-5-1-3-7-15(13)18/h1-8,17,20-22H,9-12H2/t17-,18-/m1/s1. The number of fused-ring (bicyclic) bond motifs is 1. The zero-order valence-corrected chi connectivity index (χ0v) is 12.3. The van der Waals surface area contributed by atoms with E-state index >= 15 is 0 Å². The van der Waals surface area contributed by atoms with E-state index in [1.807, 2.05) is 18.2 Å². The van der Waals surface area contributed by atoms with Gasteiger partial charge in [-0.3, -0.25) is 0 Å². The average Bonchev–Trinajstić information content (AvgIpc) is 2.93. The molecule has 0 saturated carbocycles. The van der Waals surface area contributed by atoms with Gasteiger partial charge in [-0.05, 0) is 30.0 Å². The van der Waals surface area contributed by atoms with Gasteiger partial charge in [-0.2, -0.15) is 0 Å². The fraction of sp³-hybridized carbons (Fsp3) is 0.333. The van der Waals surface area contributed by atoms with E-state index in [4.69, 9.17) is 0 Å². The van der Waals surface area contributed by atoms with Gasteiger partial charge < -0.3 is 15.5 Å². The van der Waals surface area contributed by atoms with E-state index < -0.39 is 17.5 Å². The van der Waals surface area contributed by atoms with Gasteiger partial charge in [0.2, 0.25) is 0 Å². The second kappa shape index (κ2) is 6.16. The molecule has 3 nitrogen and oxygen atoms in total. The highest BCUT2D eigenvalue weighted by Crippen LogP contribution is 2.36. The van der Waals surface area contributed by atoms with Gasteiger partial charge in [-0.15, -0.1) is 0 Å². The second-order valence-electron chi connectivity index (χ2n) is 5.82. The molecule has 0 amide bonds. The minimum atomic E-state index is -0.947. The van der Waals surface area contributed by atoms with E-state index in [0.717, 1.165) is 18.4 Å². The Hall–Kier alpha value is -1.75. The second-order valence-corrected chi connectivity index (χ2v) is 5.82. The van der Waals surface area contributed by atoms with Crippen LogP contribution in [-0.2, 0) is 12.0 Å². The van der Waals surface area contributed by atoms with Crippen molar-refractivity contribution in [2.45, 2.75) is 24.5 Å². The zero-order chi connectivity index (χ0) is 15.6. The van der Waals surface area contributed by atoms with Crippen molar-refractivity contribution in [1.29, 1.82) is 0 Å². The summed E-state index contributed by atoms with van der Waals surface area (Å²) >= 11 is 0. The van der Waals surface area contributed by atoms with Crippen LogP contribution < -0.4 is 5.32 Å². The Bertz CT molecular complexity index is 661. The van der Waals surface area contributed by atoms with Crippen LogP contribution in [0.4, 0.5) is 4.39 Å². The lowest BCUT2D eigenvalue weighted by Gasteiger charge is -2.31. The predicted molar refractivity (Wildman–Crippen MR) is 82.9 cm³/mol. The van der Waals surface area contributed by atoms with E-state index in [0.29, 0.717) is 0 Å². The lowest BCUT2D eigenvalue weighted by atomic mass is 9.92. The SMILES string of the molecule is OC[C@]1(NC[C@@H](O)c2ccccc2F)CCc2ccccc21. The third-order valence-corrected chi connectivity index (χ3v) is 4.52. The van der Waals surface area contributed by atoms with Crippen molar-refractivity contribution in [3.8, 4) is 0 Å². The summed E-state index contributed by atoms with van der Waals surface area (Å²) in [5, 5.41) is 23.4. The first-order valence-corrected chi connectivity index (χ1v) is 7.53. The fourth-order valence-corrected chi connectivity index (χ4v) is 3.24. The fourth-order valence-electron chi connectivity index (χ4n) is 3.24. The van der Waals surface area contributed by atoms with Gasteiger partial charge >= 0.3 is 0 Å². The van der Waals surface area contributed by atoms with Gasteiger partial charge in [0.1, 0.15) is 5.82 Å². The molecule has 2 atom stereocenters. The summed E-state index contributed by atoms with van der Waals surface area (Å²) in [5.41, 5.74) is 2.00. The van der Waals surface area contributed by atoms with E-state index in [2.05, 4.69) is 11.4 Å². The largest absolute Gasteiger partial charge is 0.394 e. The number of aryl methyl sites for hydroxylation is 1. The Morgan fingerprint density at radius 1 is 1.14 bits per heavy atom. The molecule has 22 heavy (non-hydrogen) atoms. The third kappa shape index (κ3) is 2.65. The highest BCUT2D eigenvalue weighted by Gasteiger charge is 2.38. The molecule has 0 radical (unpaired) electrons. The summed E-state index contributed by atoms with van der Waals surface area (Å²) in [6, 6.07) is 14.2. The van der Waals surface area contributed by atoms with Crippen LogP contribution in [0.15, 0.2) is 48.5 Å². The van der Waals surface area contributed by atoms with Crippen LogP contribution in [0.5, 0.6) is 0 Å². The molecule has 1 aliphatic carbocycles. The Balaban J connectivity index is 1.77. The maximum atomic E-state index is 13.7. The van der Waals surface area contributed by atoms with Crippen molar-refractivity contribution in [2.75, 3.05) is 13.2 Å². The topological polar surface area (TPSA) is 52.5 Å². The molecule has 2 aromatic rings. The maximum absolute atomic E-state index is 13.7. The summed E-state index contributed by atoms with van der Waals surface area (Å²) in [6.07, 6.45) is 0.712. The first-order valence-electron chi connectivity index (χ1n) is 7.53. The number of hydrogen-bond donors (Lipinski definition) is 3. The molecule has 0 spiro atoms. The predicted octanol–water partition coefficient (Wildman–Crippen LogP) is 2.28. The average molecular weight is 301 g/mol. The number of hydrogen-bond acceptors (Lipinski definition) is 3. The molecule has 116 valence electrons. The number of aliphatic hydroxyl groups excluding tert-OH is 2. The summed E-state index contributed by atoms with van der Waals surface area (Å²) in [6.45, 7) is 0.143. The Labute approximate surface area is 129 Å². The molecule has 0 bridgehead atoms. The molecule has 4 heteroatoms. The van der Waals surface area contributed by atoms with Crippen LogP contribution >= 0.6 is 0 Å². The minimum absolute atomic E-state index is 0.0476. The molecule has 0 heterocycles. The van der Waals surface area contributed by atoms with Crippen LogP contribution in [0, 0.1) is 5.82 Å². The Morgan fingerprint density at radius 3 is 2.64 bits per heavy atom. The van der Waals surface area contributed by atoms with Crippen molar-refractivity contribution < 1.29 is 14.6 Å². The van der Waals surface area contributed by atoms with Crippen LogP contribution in [0.2, 0.25) is 0 Å². The molecule has 3 N–H and O–H groups in total. The number of benzene rings is 2. The van der Waals surface area contributed by atoms with E-state index in [-0.39, 0.29) is 18.7 Å². The molecule has 0 unspecified atom stereocenters.